The van der Waals surface area contributed by atoms with Crippen molar-refractivity contribution in [1.82, 2.24) is 9.97 Å². The fourth-order valence-corrected chi connectivity index (χ4v) is 6.43. The third-order valence-electron chi connectivity index (χ3n) is 5.97. The van der Waals surface area contributed by atoms with E-state index in [2.05, 4.69) is 48.5 Å². The van der Waals surface area contributed by atoms with Crippen LogP contribution in [0.2, 0.25) is 0 Å². The van der Waals surface area contributed by atoms with Crippen molar-refractivity contribution in [3.8, 4) is 0 Å². The molecule has 7 rings (SSSR count). The molecule has 1 aliphatic rings. The van der Waals surface area contributed by atoms with E-state index >= 15 is 0 Å². The van der Waals surface area contributed by atoms with Gasteiger partial charge in [-0.1, -0.05) is 12.1 Å². The van der Waals surface area contributed by atoms with Crippen LogP contribution in [-0.2, 0) is 35.9 Å². The first-order valence-corrected chi connectivity index (χ1v) is 12.2. The Morgan fingerprint density at radius 1 is 0.531 bits per heavy atom. The number of fused-ring (bicyclic) bond motifs is 4. The molecule has 8 bridgehead atoms. The second kappa shape index (κ2) is 7.32. The van der Waals surface area contributed by atoms with Gasteiger partial charge in [0.1, 0.15) is 9.66 Å². The van der Waals surface area contributed by atoms with Crippen molar-refractivity contribution in [2.45, 2.75) is 26.4 Å². The molecule has 0 aliphatic carbocycles. The molecule has 0 spiro atoms. The zero-order chi connectivity index (χ0) is 21.1. The Morgan fingerprint density at radius 2 is 0.969 bits per heavy atom. The molecule has 0 amide bonds. The summed E-state index contributed by atoms with van der Waals surface area (Å²) in [5.41, 5.74) is 4.52. The Labute approximate surface area is 192 Å². The van der Waals surface area contributed by atoms with Gasteiger partial charge in [-0.25, -0.2) is 9.97 Å². The average Bonchev–Trinajstić information content (AvgIpc) is 3.36. The quantitative estimate of drug-likeness (QED) is 0.249. The topological polar surface area (TPSA) is 44.2 Å². The number of benzene rings is 2. The van der Waals surface area contributed by atoms with Crippen LogP contribution in [0.3, 0.4) is 0 Å². The zero-order valence-corrected chi connectivity index (χ0v) is 18.8. The van der Waals surface area contributed by atoms with Crippen LogP contribution in [0.4, 0.5) is 0 Å². The molecule has 0 saturated carbocycles. The van der Waals surface area contributed by atoms with Gasteiger partial charge < -0.3 is 9.47 Å². The van der Waals surface area contributed by atoms with Crippen molar-refractivity contribution < 1.29 is 9.47 Å². The van der Waals surface area contributed by atoms with Gasteiger partial charge in [-0.15, -0.1) is 22.7 Å². The van der Waals surface area contributed by atoms with Gasteiger partial charge in [0.05, 0.1) is 26.4 Å². The third-order valence-corrected chi connectivity index (χ3v) is 8.16. The van der Waals surface area contributed by atoms with Crippen LogP contribution < -0.4 is 0 Å². The molecule has 0 fully saturated rings. The Bertz CT molecular complexity index is 1410. The predicted molar refractivity (Wildman–Crippen MR) is 131 cm³/mol. The lowest BCUT2D eigenvalue weighted by Gasteiger charge is -2.07. The lowest BCUT2D eigenvalue weighted by Crippen LogP contribution is -1.96. The fourth-order valence-electron chi connectivity index (χ4n) is 4.41. The lowest BCUT2D eigenvalue weighted by molar-refractivity contribution is 0.107. The highest BCUT2D eigenvalue weighted by Gasteiger charge is 2.11. The monoisotopic (exact) mass is 454 g/mol. The van der Waals surface area contributed by atoms with E-state index < -0.39 is 0 Å². The summed E-state index contributed by atoms with van der Waals surface area (Å²) in [7, 11) is 0. The molecule has 0 atom stereocenters. The summed E-state index contributed by atoms with van der Waals surface area (Å²) in [5, 5.41) is 4.84. The maximum absolute atomic E-state index is 6.12. The van der Waals surface area contributed by atoms with Crippen LogP contribution >= 0.6 is 22.7 Å². The van der Waals surface area contributed by atoms with E-state index in [-0.39, 0.29) is 0 Å². The number of hydrogen-bond acceptors (Lipinski definition) is 6. The number of hydrogen-bond donors (Lipinski definition) is 0. The highest BCUT2D eigenvalue weighted by molar-refractivity contribution is 7.25. The molecule has 0 N–H and O–H groups in total. The first-order valence-electron chi connectivity index (χ1n) is 10.6. The number of pyridine rings is 2. The van der Waals surface area contributed by atoms with E-state index in [1.807, 2.05) is 12.4 Å². The van der Waals surface area contributed by atoms with Gasteiger partial charge in [0, 0.05) is 43.3 Å². The maximum atomic E-state index is 6.12. The number of ether oxygens (including phenoxy) is 2. The van der Waals surface area contributed by atoms with Gasteiger partial charge in [-0.05, 0) is 58.7 Å². The normalized spacial score (nSPS) is 14.8. The smallest absolute Gasteiger partial charge is 0.124 e. The van der Waals surface area contributed by atoms with E-state index in [0.29, 0.717) is 26.4 Å². The Balaban J connectivity index is 1.35. The molecular weight excluding hydrogens is 436 g/mol. The zero-order valence-electron chi connectivity index (χ0n) is 17.1. The highest BCUT2D eigenvalue weighted by Crippen LogP contribution is 2.35. The number of rotatable bonds is 0. The first kappa shape index (κ1) is 18.7. The molecule has 0 radical (unpaired) electrons. The summed E-state index contributed by atoms with van der Waals surface area (Å²) in [5.74, 6) is 0. The Hall–Kier alpha value is -2.90. The van der Waals surface area contributed by atoms with E-state index in [9.17, 15) is 0 Å². The average molecular weight is 455 g/mol. The number of thiophene rings is 2. The summed E-state index contributed by atoms with van der Waals surface area (Å²) in [6.45, 7) is 2.21. The Kier molecular flexibility index (Phi) is 4.27. The van der Waals surface area contributed by atoms with Crippen LogP contribution in [0.25, 0.3) is 40.6 Å². The number of nitrogens with zero attached hydrogens (tertiary/aromatic N) is 2. The molecule has 0 saturated heterocycles. The molecule has 2 aromatic carbocycles. The highest BCUT2D eigenvalue weighted by atomic mass is 32.1. The summed E-state index contributed by atoms with van der Waals surface area (Å²) in [6, 6.07) is 17.6. The summed E-state index contributed by atoms with van der Waals surface area (Å²) >= 11 is 3.46. The van der Waals surface area contributed by atoms with Crippen molar-refractivity contribution in [2.24, 2.45) is 0 Å². The van der Waals surface area contributed by atoms with Gasteiger partial charge in [-0.3, -0.25) is 0 Å². The third kappa shape index (κ3) is 3.11. The molecule has 156 valence electrons. The molecule has 6 heteroatoms. The van der Waals surface area contributed by atoms with Crippen molar-refractivity contribution in [2.75, 3.05) is 0 Å². The van der Waals surface area contributed by atoms with Crippen molar-refractivity contribution in [1.29, 1.82) is 0 Å². The molecule has 6 aromatic rings. The van der Waals surface area contributed by atoms with E-state index in [1.54, 1.807) is 22.7 Å². The van der Waals surface area contributed by atoms with Gasteiger partial charge in [0.2, 0.25) is 0 Å². The summed E-state index contributed by atoms with van der Waals surface area (Å²) in [6.07, 6.45) is 3.85. The largest absolute Gasteiger partial charge is 0.372 e. The second-order valence-corrected chi connectivity index (χ2v) is 10.3. The van der Waals surface area contributed by atoms with E-state index in [4.69, 9.17) is 19.4 Å². The fraction of sp³-hybridized carbons (Fsp3) is 0.154. The second-order valence-electron chi connectivity index (χ2n) is 8.24. The van der Waals surface area contributed by atoms with Crippen LogP contribution in [0.15, 0.2) is 60.9 Å². The number of aromatic nitrogens is 2. The molecule has 1 aliphatic heterocycles. The van der Waals surface area contributed by atoms with E-state index in [1.165, 1.54) is 42.1 Å². The summed E-state index contributed by atoms with van der Waals surface area (Å²) in [4.78, 5) is 11.5. The van der Waals surface area contributed by atoms with Crippen molar-refractivity contribution >= 4 is 63.3 Å². The van der Waals surface area contributed by atoms with Crippen molar-refractivity contribution in [3.63, 3.8) is 0 Å². The van der Waals surface area contributed by atoms with Gasteiger partial charge >= 0.3 is 0 Å². The van der Waals surface area contributed by atoms with Crippen LogP contribution in [0.1, 0.15) is 22.3 Å². The summed E-state index contributed by atoms with van der Waals surface area (Å²) < 4.78 is 14.7. The lowest BCUT2D eigenvalue weighted by atomic mass is 10.1. The molecule has 4 nitrogen and oxygen atoms in total. The Morgan fingerprint density at radius 3 is 1.47 bits per heavy atom. The van der Waals surface area contributed by atoms with Crippen molar-refractivity contribution in [3.05, 3.63) is 83.2 Å². The molecule has 5 heterocycles. The SMILES string of the molecule is c1cc2sc3ncc4cc3c2cc1COCc1ccc2sc3ncc(cc3c2c1)COC4. The van der Waals surface area contributed by atoms with Crippen LogP contribution in [-0.4, -0.2) is 9.97 Å². The van der Waals surface area contributed by atoms with Gasteiger partial charge in [-0.2, -0.15) is 0 Å². The minimum Gasteiger partial charge on any atom is -0.372 e. The maximum Gasteiger partial charge on any atom is 0.124 e. The minimum absolute atomic E-state index is 0.523. The van der Waals surface area contributed by atoms with Crippen LogP contribution in [0, 0.1) is 0 Å². The van der Waals surface area contributed by atoms with Gasteiger partial charge in [0.15, 0.2) is 0 Å². The van der Waals surface area contributed by atoms with E-state index in [0.717, 1.165) is 20.8 Å². The van der Waals surface area contributed by atoms with Gasteiger partial charge in [0.25, 0.3) is 0 Å². The molecule has 32 heavy (non-hydrogen) atoms. The first-order chi connectivity index (χ1) is 15.8. The molecule has 0 unspecified atom stereocenters. The minimum atomic E-state index is 0.523. The molecular formula is C26H18N2O2S2. The predicted octanol–water partition coefficient (Wildman–Crippen LogP) is 6.96. The van der Waals surface area contributed by atoms with Crippen LogP contribution in [0.5, 0.6) is 0 Å². The molecule has 4 aromatic heterocycles. The standard InChI is InChI=1S/C26H18N2O2S2/c1-3-23-19-5-15(1)11-29-12-16-2-4-24-20(6-16)22-8-18(10-28-26(22)32-24)14-30-13-17-7-21(19)25(31-23)27-9-17/h1-10H,11-14H2.